The summed E-state index contributed by atoms with van der Waals surface area (Å²) in [5, 5.41) is 3.39. The van der Waals surface area contributed by atoms with Crippen molar-refractivity contribution < 1.29 is 9.47 Å². The lowest BCUT2D eigenvalue weighted by atomic mass is 10.1. The Labute approximate surface area is 93.5 Å². The average molecular weight is 215 g/mol. The van der Waals surface area contributed by atoms with E-state index in [1.807, 2.05) is 0 Å². The molecular weight excluding hydrogens is 190 g/mol. The monoisotopic (exact) mass is 215 g/mol. The van der Waals surface area contributed by atoms with Crippen LogP contribution in [0.2, 0.25) is 0 Å². The highest BCUT2D eigenvalue weighted by Crippen LogP contribution is 2.13. The molecule has 0 spiro atoms. The lowest BCUT2D eigenvalue weighted by Crippen LogP contribution is -2.30. The van der Waals surface area contributed by atoms with Crippen molar-refractivity contribution >= 4 is 0 Å². The topological polar surface area (TPSA) is 30.5 Å². The van der Waals surface area contributed by atoms with Crippen LogP contribution in [0.5, 0.6) is 0 Å². The average Bonchev–Trinajstić information content (AvgIpc) is 2.67. The molecule has 3 heteroatoms. The molecule has 90 valence electrons. The maximum atomic E-state index is 5.78. The van der Waals surface area contributed by atoms with Crippen molar-refractivity contribution in [2.75, 3.05) is 19.8 Å². The van der Waals surface area contributed by atoms with Gasteiger partial charge in [-0.15, -0.1) is 0 Å². The first kappa shape index (κ1) is 12.9. The summed E-state index contributed by atoms with van der Waals surface area (Å²) in [6, 6.07) is 0.537. The number of nitrogens with one attached hydrogen (secondary N) is 1. The van der Waals surface area contributed by atoms with E-state index in [4.69, 9.17) is 9.47 Å². The summed E-state index contributed by atoms with van der Waals surface area (Å²) in [5.74, 6) is 0. The number of ether oxygens (including phenoxy) is 2. The lowest BCUT2D eigenvalue weighted by molar-refractivity contribution is -0.0188. The fourth-order valence-electron chi connectivity index (χ4n) is 2.05. The molecule has 0 aromatic carbocycles. The highest BCUT2D eigenvalue weighted by atomic mass is 16.5. The number of rotatable bonds is 7. The summed E-state index contributed by atoms with van der Waals surface area (Å²) in [7, 11) is 0. The molecule has 0 radical (unpaired) electrons. The second-order valence-electron chi connectivity index (χ2n) is 4.47. The zero-order chi connectivity index (χ0) is 11.1. The highest BCUT2D eigenvalue weighted by Gasteiger charge is 2.17. The minimum absolute atomic E-state index is 0.322. The van der Waals surface area contributed by atoms with Crippen molar-refractivity contribution in [1.82, 2.24) is 5.32 Å². The fourth-order valence-corrected chi connectivity index (χ4v) is 2.05. The van der Waals surface area contributed by atoms with Gasteiger partial charge in [0.2, 0.25) is 0 Å². The van der Waals surface area contributed by atoms with E-state index in [-0.39, 0.29) is 0 Å². The van der Waals surface area contributed by atoms with Crippen LogP contribution in [0.3, 0.4) is 0 Å². The third-order valence-electron chi connectivity index (χ3n) is 2.83. The van der Waals surface area contributed by atoms with E-state index in [2.05, 4.69) is 26.1 Å². The SMILES string of the molecule is CCNC(C)CC(C)OCC1CCCO1. The number of hydrogen-bond acceptors (Lipinski definition) is 3. The molecule has 3 unspecified atom stereocenters. The molecule has 15 heavy (non-hydrogen) atoms. The quantitative estimate of drug-likeness (QED) is 0.704. The third kappa shape index (κ3) is 5.50. The minimum Gasteiger partial charge on any atom is -0.376 e. The molecule has 1 fully saturated rings. The second kappa shape index (κ2) is 7.20. The molecule has 0 aliphatic carbocycles. The molecule has 0 amide bonds. The van der Waals surface area contributed by atoms with Gasteiger partial charge in [-0.2, -0.15) is 0 Å². The molecule has 1 heterocycles. The van der Waals surface area contributed by atoms with Crippen LogP contribution in [0.1, 0.15) is 40.0 Å². The normalized spacial score (nSPS) is 25.4. The summed E-state index contributed by atoms with van der Waals surface area (Å²) in [6.45, 7) is 9.18. The Kier molecular flexibility index (Phi) is 6.22. The number of hydrogen-bond donors (Lipinski definition) is 1. The Morgan fingerprint density at radius 2 is 2.27 bits per heavy atom. The van der Waals surface area contributed by atoms with Crippen LogP contribution in [-0.4, -0.2) is 38.0 Å². The van der Waals surface area contributed by atoms with E-state index < -0.39 is 0 Å². The molecule has 1 N–H and O–H groups in total. The Hall–Kier alpha value is -0.120. The van der Waals surface area contributed by atoms with Crippen LogP contribution in [0.15, 0.2) is 0 Å². The maximum Gasteiger partial charge on any atom is 0.0809 e. The third-order valence-corrected chi connectivity index (χ3v) is 2.83. The second-order valence-corrected chi connectivity index (χ2v) is 4.47. The molecule has 0 aromatic heterocycles. The summed E-state index contributed by atoms with van der Waals surface area (Å²) in [6.07, 6.45) is 4.09. The first-order valence-corrected chi connectivity index (χ1v) is 6.19. The Balaban J connectivity index is 2.04. The summed E-state index contributed by atoms with van der Waals surface area (Å²) in [4.78, 5) is 0. The van der Waals surface area contributed by atoms with Crippen molar-refractivity contribution in [1.29, 1.82) is 0 Å². The first-order valence-electron chi connectivity index (χ1n) is 6.19. The van der Waals surface area contributed by atoms with Crippen LogP contribution in [0.4, 0.5) is 0 Å². The van der Waals surface area contributed by atoms with Gasteiger partial charge < -0.3 is 14.8 Å². The standard InChI is InChI=1S/C12H25NO2/c1-4-13-10(2)8-11(3)15-9-12-6-5-7-14-12/h10-13H,4-9H2,1-3H3. The largest absolute Gasteiger partial charge is 0.376 e. The Bertz CT molecular complexity index is 158. The maximum absolute atomic E-state index is 5.78. The molecule has 1 aliphatic heterocycles. The van der Waals surface area contributed by atoms with E-state index in [0.717, 1.165) is 32.6 Å². The van der Waals surface area contributed by atoms with Gasteiger partial charge >= 0.3 is 0 Å². The van der Waals surface area contributed by atoms with E-state index in [9.17, 15) is 0 Å². The van der Waals surface area contributed by atoms with Gasteiger partial charge in [0.1, 0.15) is 0 Å². The highest BCUT2D eigenvalue weighted by molar-refractivity contribution is 4.67. The molecule has 3 nitrogen and oxygen atoms in total. The molecule has 1 saturated heterocycles. The van der Waals surface area contributed by atoms with Gasteiger partial charge in [0, 0.05) is 12.6 Å². The summed E-state index contributed by atoms with van der Waals surface area (Å²) < 4.78 is 11.3. The zero-order valence-corrected chi connectivity index (χ0v) is 10.3. The predicted octanol–water partition coefficient (Wildman–Crippen LogP) is 1.96. The van der Waals surface area contributed by atoms with Crippen molar-refractivity contribution in [2.45, 2.75) is 58.3 Å². The molecule has 1 aliphatic rings. The van der Waals surface area contributed by atoms with E-state index in [1.165, 1.54) is 6.42 Å². The van der Waals surface area contributed by atoms with E-state index >= 15 is 0 Å². The van der Waals surface area contributed by atoms with Crippen molar-refractivity contribution in [3.05, 3.63) is 0 Å². The molecule has 1 rings (SSSR count). The Morgan fingerprint density at radius 3 is 2.87 bits per heavy atom. The minimum atomic E-state index is 0.322. The van der Waals surface area contributed by atoms with Gasteiger partial charge in [-0.05, 0) is 39.7 Å². The van der Waals surface area contributed by atoms with Gasteiger partial charge in [-0.1, -0.05) is 6.92 Å². The van der Waals surface area contributed by atoms with Crippen LogP contribution in [0, 0.1) is 0 Å². The van der Waals surface area contributed by atoms with E-state index in [0.29, 0.717) is 18.2 Å². The fraction of sp³-hybridized carbons (Fsp3) is 1.00. The van der Waals surface area contributed by atoms with Crippen molar-refractivity contribution in [3.8, 4) is 0 Å². The summed E-state index contributed by atoms with van der Waals surface area (Å²) >= 11 is 0. The smallest absolute Gasteiger partial charge is 0.0809 e. The molecular formula is C12H25NO2. The summed E-state index contributed by atoms with van der Waals surface area (Å²) in [5.41, 5.74) is 0. The Morgan fingerprint density at radius 1 is 1.47 bits per heavy atom. The molecule has 0 aromatic rings. The van der Waals surface area contributed by atoms with Gasteiger partial charge in [-0.3, -0.25) is 0 Å². The predicted molar refractivity (Wildman–Crippen MR) is 62.1 cm³/mol. The molecule has 0 bridgehead atoms. The van der Waals surface area contributed by atoms with Crippen LogP contribution in [-0.2, 0) is 9.47 Å². The van der Waals surface area contributed by atoms with Crippen LogP contribution in [0.25, 0.3) is 0 Å². The van der Waals surface area contributed by atoms with Crippen molar-refractivity contribution in [2.24, 2.45) is 0 Å². The van der Waals surface area contributed by atoms with Gasteiger partial charge in [0.05, 0.1) is 18.8 Å². The molecule has 0 saturated carbocycles. The van der Waals surface area contributed by atoms with Gasteiger partial charge in [0.25, 0.3) is 0 Å². The van der Waals surface area contributed by atoms with Crippen LogP contribution < -0.4 is 5.32 Å². The van der Waals surface area contributed by atoms with Gasteiger partial charge in [-0.25, -0.2) is 0 Å². The zero-order valence-electron chi connectivity index (χ0n) is 10.3. The van der Waals surface area contributed by atoms with Gasteiger partial charge in [0.15, 0.2) is 0 Å². The molecule has 3 atom stereocenters. The van der Waals surface area contributed by atoms with Crippen LogP contribution >= 0.6 is 0 Å². The lowest BCUT2D eigenvalue weighted by Gasteiger charge is -2.20. The first-order chi connectivity index (χ1) is 7.22. The van der Waals surface area contributed by atoms with E-state index in [1.54, 1.807) is 0 Å². The van der Waals surface area contributed by atoms with Crippen molar-refractivity contribution in [3.63, 3.8) is 0 Å².